The fraction of sp³-hybridized carbons (Fsp3) is 0.444. The van der Waals surface area contributed by atoms with Crippen LogP contribution in [-0.4, -0.2) is 22.5 Å². The van der Waals surface area contributed by atoms with Crippen LogP contribution >= 0.6 is 0 Å². The average Bonchev–Trinajstić information content (AvgIpc) is 2.44. The molecule has 0 fully saturated rings. The van der Waals surface area contributed by atoms with Crippen LogP contribution in [0.25, 0.3) is 0 Å². The minimum Gasteiger partial charge on any atom is -0.350 e. The quantitative estimate of drug-likeness (QED) is 0.739. The molecule has 0 unspecified atom stereocenters. The largest absolute Gasteiger partial charge is 0.350 e. The summed E-state index contributed by atoms with van der Waals surface area (Å²) in [6.07, 6.45) is 1.11. The number of nitrogens with one attached hydrogen (secondary N) is 1. The summed E-state index contributed by atoms with van der Waals surface area (Å²) in [7, 11) is 0. The van der Waals surface area contributed by atoms with Gasteiger partial charge in [0.25, 0.3) is 6.43 Å². The van der Waals surface area contributed by atoms with E-state index in [0.717, 1.165) is 5.69 Å². The molecule has 0 aliphatic heterocycles. The molecule has 0 saturated heterocycles. The van der Waals surface area contributed by atoms with Crippen molar-refractivity contribution in [2.75, 3.05) is 11.9 Å². The highest BCUT2D eigenvalue weighted by Gasteiger charge is 2.06. The van der Waals surface area contributed by atoms with Gasteiger partial charge in [0.05, 0.1) is 12.2 Å². The first-order valence-corrected chi connectivity index (χ1v) is 4.30. The van der Waals surface area contributed by atoms with Gasteiger partial charge in [-0.15, -0.1) is 6.58 Å². The van der Waals surface area contributed by atoms with Crippen molar-refractivity contribution in [3.8, 4) is 0 Å². The molecule has 0 spiro atoms. The fourth-order valence-electron chi connectivity index (χ4n) is 1.13. The maximum Gasteiger partial charge on any atom is 0.255 e. The Labute approximate surface area is 81.5 Å². The van der Waals surface area contributed by atoms with Gasteiger partial charge in [0, 0.05) is 12.7 Å². The van der Waals surface area contributed by atoms with Crippen molar-refractivity contribution in [3.63, 3.8) is 0 Å². The van der Waals surface area contributed by atoms with E-state index in [1.807, 2.05) is 6.92 Å². The van der Waals surface area contributed by atoms with E-state index in [0.29, 0.717) is 12.5 Å². The zero-order valence-corrected chi connectivity index (χ0v) is 8.00. The number of allylic oxidation sites excluding steroid dienone is 1. The number of hydrogen-bond donors (Lipinski definition) is 1. The molecule has 14 heavy (non-hydrogen) atoms. The van der Waals surface area contributed by atoms with Gasteiger partial charge in [-0.05, 0) is 6.92 Å². The lowest BCUT2D eigenvalue weighted by Crippen LogP contribution is -2.14. The van der Waals surface area contributed by atoms with Crippen LogP contribution in [0.2, 0.25) is 0 Å². The van der Waals surface area contributed by atoms with E-state index in [4.69, 9.17) is 0 Å². The van der Waals surface area contributed by atoms with Crippen molar-refractivity contribution in [1.29, 1.82) is 0 Å². The molecule has 3 nitrogen and oxygen atoms in total. The van der Waals surface area contributed by atoms with E-state index in [9.17, 15) is 8.78 Å². The highest BCUT2D eigenvalue weighted by Crippen LogP contribution is 2.08. The summed E-state index contributed by atoms with van der Waals surface area (Å²) in [6, 6.07) is 0. The minimum absolute atomic E-state index is 0.381. The molecule has 78 valence electrons. The third-order valence-corrected chi connectivity index (χ3v) is 1.64. The van der Waals surface area contributed by atoms with E-state index >= 15 is 0 Å². The topological polar surface area (TPSA) is 29.9 Å². The molecule has 0 aromatic carbocycles. The lowest BCUT2D eigenvalue weighted by Gasteiger charge is -2.06. The number of aryl methyl sites for hydroxylation is 1. The van der Waals surface area contributed by atoms with E-state index in [1.54, 1.807) is 16.8 Å². The zero-order valence-electron chi connectivity index (χ0n) is 8.00. The fourth-order valence-corrected chi connectivity index (χ4v) is 1.13. The van der Waals surface area contributed by atoms with Gasteiger partial charge in [0.1, 0.15) is 0 Å². The maximum atomic E-state index is 11.9. The molecule has 5 heteroatoms. The summed E-state index contributed by atoms with van der Waals surface area (Å²) in [5, 5.41) is 2.57. The Bertz CT molecular complexity index is 307. The average molecular weight is 201 g/mol. The first-order valence-electron chi connectivity index (χ1n) is 4.30. The van der Waals surface area contributed by atoms with Gasteiger partial charge in [0.15, 0.2) is 0 Å². The monoisotopic (exact) mass is 201 g/mol. The molecular weight excluding hydrogens is 188 g/mol. The molecule has 0 atom stereocenters. The Balaban J connectivity index is 2.68. The number of rotatable bonds is 5. The molecule has 0 bridgehead atoms. The highest BCUT2D eigenvalue weighted by molar-refractivity contribution is 5.29. The molecule has 1 rings (SSSR count). The number of imidazole rings is 1. The van der Waals surface area contributed by atoms with Gasteiger partial charge in [-0.2, -0.15) is 0 Å². The molecule has 0 radical (unpaired) electrons. The van der Waals surface area contributed by atoms with Gasteiger partial charge in [-0.3, -0.25) is 0 Å². The van der Waals surface area contributed by atoms with Crippen molar-refractivity contribution in [2.24, 2.45) is 0 Å². The second-order valence-electron chi connectivity index (χ2n) is 2.92. The Morgan fingerprint density at radius 3 is 3.00 bits per heavy atom. The highest BCUT2D eigenvalue weighted by atomic mass is 19.3. The van der Waals surface area contributed by atoms with Crippen LogP contribution in [0.1, 0.15) is 5.69 Å². The van der Waals surface area contributed by atoms with Crippen molar-refractivity contribution in [2.45, 2.75) is 19.9 Å². The molecule has 1 N–H and O–H groups in total. The number of nitrogens with zero attached hydrogens (tertiary/aromatic N) is 2. The van der Waals surface area contributed by atoms with Crippen molar-refractivity contribution in [1.82, 2.24) is 9.55 Å². The lowest BCUT2D eigenvalue weighted by molar-refractivity contribution is 0.163. The second kappa shape index (κ2) is 4.74. The Morgan fingerprint density at radius 1 is 1.71 bits per heavy atom. The van der Waals surface area contributed by atoms with Crippen LogP contribution in [0.5, 0.6) is 0 Å². The molecule has 0 amide bonds. The standard InChI is InChI=1S/C9H13F2N3/c1-3-4-14-6-7(2)13-9(14)12-5-8(10)11/h3,6,8H,1,4-5H2,2H3,(H,12,13). The number of hydrogen-bond acceptors (Lipinski definition) is 2. The first-order chi connectivity index (χ1) is 6.63. The SMILES string of the molecule is C=CCn1cc(C)nc1NCC(F)F. The van der Waals surface area contributed by atoms with Crippen LogP contribution < -0.4 is 5.32 Å². The summed E-state index contributed by atoms with van der Waals surface area (Å²) >= 11 is 0. The summed E-state index contributed by atoms with van der Waals surface area (Å²) in [5.74, 6) is 0.461. The van der Waals surface area contributed by atoms with Crippen LogP contribution in [0, 0.1) is 6.92 Å². The van der Waals surface area contributed by atoms with Gasteiger partial charge >= 0.3 is 0 Å². The van der Waals surface area contributed by atoms with Gasteiger partial charge in [-0.25, -0.2) is 13.8 Å². The molecule has 1 aromatic rings. The number of halogens is 2. The Hall–Kier alpha value is -1.39. The molecule has 0 saturated carbocycles. The minimum atomic E-state index is -2.37. The predicted molar refractivity (Wildman–Crippen MR) is 51.7 cm³/mol. The van der Waals surface area contributed by atoms with Crippen molar-refractivity contribution < 1.29 is 8.78 Å². The number of alkyl halides is 2. The van der Waals surface area contributed by atoms with E-state index in [1.165, 1.54) is 0 Å². The van der Waals surface area contributed by atoms with Crippen LogP contribution in [0.4, 0.5) is 14.7 Å². The normalized spacial score (nSPS) is 10.6. The Morgan fingerprint density at radius 2 is 2.43 bits per heavy atom. The summed E-state index contributed by atoms with van der Waals surface area (Å²) in [6.45, 7) is 5.57. The van der Waals surface area contributed by atoms with Crippen LogP contribution in [-0.2, 0) is 6.54 Å². The smallest absolute Gasteiger partial charge is 0.255 e. The van der Waals surface area contributed by atoms with E-state index in [2.05, 4.69) is 16.9 Å². The van der Waals surface area contributed by atoms with Crippen LogP contribution in [0.3, 0.4) is 0 Å². The van der Waals surface area contributed by atoms with Gasteiger partial charge < -0.3 is 9.88 Å². The molecule has 0 aliphatic carbocycles. The first kappa shape index (κ1) is 10.7. The van der Waals surface area contributed by atoms with E-state index < -0.39 is 6.43 Å². The molecule has 0 aliphatic rings. The summed E-state index contributed by atoms with van der Waals surface area (Å²) in [4.78, 5) is 4.07. The third kappa shape index (κ3) is 2.83. The second-order valence-corrected chi connectivity index (χ2v) is 2.92. The number of aromatic nitrogens is 2. The molecule has 1 heterocycles. The number of anilines is 1. The predicted octanol–water partition coefficient (Wildman–Crippen LogP) is 2.05. The molecular formula is C9H13F2N3. The van der Waals surface area contributed by atoms with Crippen LogP contribution in [0.15, 0.2) is 18.9 Å². The van der Waals surface area contributed by atoms with Gasteiger partial charge in [0.2, 0.25) is 5.95 Å². The van der Waals surface area contributed by atoms with Gasteiger partial charge in [-0.1, -0.05) is 6.08 Å². The Kier molecular flexibility index (Phi) is 3.62. The summed E-state index contributed by atoms with van der Waals surface area (Å²) in [5.41, 5.74) is 0.795. The third-order valence-electron chi connectivity index (χ3n) is 1.64. The van der Waals surface area contributed by atoms with Crippen molar-refractivity contribution >= 4 is 5.95 Å². The molecule has 1 aromatic heterocycles. The summed E-state index contributed by atoms with van der Waals surface area (Å²) < 4.78 is 25.6. The lowest BCUT2D eigenvalue weighted by atomic mass is 10.5. The van der Waals surface area contributed by atoms with Crippen molar-refractivity contribution in [3.05, 3.63) is 24.5 Å². The maximum absolute atomic E-state index is 11.9. The zero-order chi connectivity index (χ0) is 10.6. The van der Waals surface area contributed by atoms with E-state index in [-0.39, 0.29) is 6.54 Å².